The molecule has 0 aromatic rings. The summed E-state index contributed by atoms with van der Waals surface area (Å²) in [6, 6.07) is 0. The van der Waals surface area contributed by atoms with Gasteiger partial charge in [0, 0.05) is 44.6 Å². The Morgan fingerprint density at radius 1 is 1.04 bits per heavy atom. The number of ketones is 1. The van der Waals surface area contributed by atoms with Gasteiger partial charge in [0.25, 0.3) is 0 Å². The van der Waals surface area contributed by atoms with Crippen LogP contribution in [0.15, 0.2) is 59.3 Å². The third-order valence-corrected chi connectivity index (χ3v) is 11.8. The van der Waals surface area contributed by atoms with E-state index in [0.29, 0.717) is 36.8 Å². The highest BCUT2D eigenvalue weighted by molar-refractivity contribution is 5.99. The lowest BCUT2D eigenvalue weighted by atomic mass is 9.72. The summed E-state index contributed by atoms with van der Waals surface area (Å²) in [6.45, 7) is 15.8. The van der Waals surface area contributed by atoms with Gasteiger partial charge in [-0.1, -0.05) is 70.6 Å². The molecule has 10 heteroatoms. The second kappa shape index (κ2) is 16.3. The van der Waals surface area contributed by atoms with Gasteiger partial charge in [0.1, 0.15) is 23.7 Å². The third-order valence-electron chi connectivity index (χ3n) is 11.8. The molecule has 14 atom stereocenters. The molecule has 51 heavy (non-hydrogen) atoms. The number of allylic oxidation sites excluding steroid dienone is 3. The van der Waals surface area contributed by atoms with Crippen LogP contribution in [0.2, 0.25) is 0 Å². The maximum atomic E-state index is 14.1. The van der Waals surface area contributed by atoms with E-state index in [9.17, 15) is 19.8 Å². The van der Waals surface area contributed by atoms with Gasteiger partial charge in [-0.15, -0.1) is 0 Å². The first kappa shape index (κ1) is 39.8. The first-order chi connectivity index (χ1) is 24.1. The summed E-state index contributed by atoms with van der Waals surface area (Å²) in [7, 11) is 1.58. The molecule has 0 saturated carbocycles. The fourth-order valence-electron chi connectivity index (χ4n) is 8.19. The van der Waals surface area contributed by atoms with E-state index in [-0.39, 0.29) is 42.2 Å². The average molecular weight is 713 g/mol. The smallest absolute Gasteiger partial charge is 0.316 e. The van der Waals surface area contributed by atoms with Crippen LogP contribution in [-0.4, -0.2) is 89.5 Å². The molecule has 5 aliphatic rings. The number of esters is 1. The van der Waals surface area contributed by atoms with Crippen molar-refractivity contribution in [2.24, 2.45) is 23.7 Å². The van der Waals surface area contributed by atoms with Gasteiger partial charge in [-0.3, -0.25) is 9.59 Å². The minimum absolute atomic E-state index is 0.0733. The Morgan fingerprint density at radius 3 is 2.49 bits per heavy atom. The van der Waals surface area contributed by atoms with Gasteiger partial charge in [-0.2, -0.15) is 0 Å². The number of hydrogen-bond donors (Lipinski definition) is 2. The second-order valence-electron chi connectivity index (χ2n) is 15.7. The molecule has 4 heterocycles. The predicted molar refractivity (Wildman–Crippen MR) is 192 cm³/mol. The molecule has 0 radical (unpaired) electrons. The largest absolute Gasteiger partial charge is 0.462 e. The number of carbonyl (C=O) groups excluding carboxylic acids is 2. The van der Waals surface area contributed by atoms with E-state index < -0.39 is 60.1 Å². The quantitative estimate of drug-likeness (QED) is 0.256. The highest BCUT2D eigenvalue weighted by Gasteiger charge is 2.51. The van der Waals surface area contributed by atoms with Crippen molar-refractivity contribution in [3.8, 4) is 0 Å². The number of ether oxygens (including phenoxy) is 6. The predicted octanol–water partition coefficient (Wildman–Crippen LogP) is 6.06. The minimum Gasteiger partial charge on any atom is -0.462 e. The summed E-state index contributed by atoms with van der Waals surface area (Å²) >= 11 is 0. The van der Waals surface area contributed by atoms with Gasteiger partial charge in [0.2, 0.25) is 0 Å². The molecule has 0 unspecified atom stereocenters. The summed E-state index contributed by atoms with van der Waals surface area (Å²) in [4.78, 5) is 27.0. The van der Waals surface area contributed by atoms with Crippen molar-refractivity contribution in [3.63, 3.8) is 0 Å². The Morgan fingerprint density at radius 2 is 1.78 bits per heavy atom. The zero-order chi connectivity index (χ0) is 37.2. The van der Waals surface area contributed by atoms with Crippen molar-refractivity contribution in [3.05, 3.63) is 59.3 Å². The van der Waals surface area contributed by atoms with Gasteiger partial charge < -0.3 is 38.6 Å². The van der Waals surface area contributed by atoms with E-state index >= 15 is 0 Å². The van der Waals surface area contributed by atoms with Crippen molar-refractivity contribution < 1.29 is 48.2 Å². The molecule has 2 bridgehead atoms. The SMILES string of the molecule is CC[C@H](C)[C@H]1O[C@]2(C=C[C@@H]1C)C[C@@H]1C[C@@H](C/C=C(\C)[C@@H](O[C@H]3C[C@H](OC)[C@@H](O)[C@H](C)O3)[C@@H](C)/C=C/C=C(\C)[C@]3(O)CC(=O)C(C)=C[C@H]3C(=O)O1)O2. The summed E-state index contributed by atoms with van der Waals surface area (Å²) in [5.74, 6) is -2.61. The molecule has 284 valence electrons. The standard InChI is InChI=1S/C41H60O10/c1-10-23(2)38-26(5)16-17-40(51-38)21-31-19-30(50-40)15-14-25(4)37(49-35-20-34(46-9)36(43)29(8)47-35)24(3)12-11-13-28(7)41(45)22-33(42)27(6)18-32(41)39(44)48-31/h11-14,16-18,23-24,26,29-32,34-38,43,45H,10,15,19-22H2,1-9H3/b12-11+,25-14+,28-13+/t23-,24-,26-,29-,30+,31-,32-,34-,35-,36-,37-,38+,40+,41+/m0/s1. The molecular weight excluding hydrogens is 652 g/mol. The van der Waals surface area contributed by atoms with Crippen LogP contribution in [0.3, 0.4) is 0 Å². The van der Waals surface area contributed by atoms with Crippen molar-refractivity contribution in [1.29, 1.82) is 0 Å². The fourth-order valence-corrected chi connectivity index (χ4v) is 8.19. The number of methoxy groups -OCH3 is 1. The van der Waals surface area contributed by atoms with Crippen LogP contribution in [-0.2, 0) is 38.0 Å². The van der Waals surface area contributed by atoms with Crippen LogP contribution in [0.4, 0.5) is 0 Å². The van der Waals surface area contributed by atoms with E-state index in [1.165, 1.54) is 0 Å². The van der Waals surface area contributed by atoms with Gasteiger partial charge >= 0.3 is 5.97 Å². The van der Waals surface area contributed by atoms with Crippen LogP contribution in [0.25, 0.3) is 0 Å². The monoisotopic (exact) mass is 712 g/mol. The highest BCUT2D eigenvalue weighted by atomic mass is 16.7. The molecule has 0 aromatic carbocycles. The molecule has 1 spiro atoms. The first-order valence-electron chi connectivity index (χ1n) is 18.8. The average Bonchev–Trinajstić information content (AvgIpc) is 3.09. The summed E-state index contributed by atoms with van der Waals surface area (Å²) in [5.41, 5.74) is 0.124. The molecule has 1 aliphatic carbocycles. The number of aliphatic hydroxyl groups is 2. The van der Waals surface area contributed by atoms with Gasteiger partial charge in [0.15, 0.2) is 17.9 Å². The zero-order valence-electron chi connectivity index (χ0n) is 31.9. The molecule has 4 aliphatic heterocycles. The Labute approximate surface area is 303 Å². The van der Waals surface area contributed by atoms with Crippen LogP contribution in [0, 0.1) is 23.7 Å². The summed E-state index contributed by atoms with van der Waals surface area (Å²) < 4.78 is 38.2. The van der Waals surface area contributed by atoms with Crippen molar-refractivity contribution in [2.45, 2.75) is 154 Å². The maximum Gasteiger partial charge on any atom is 0.316 e. The number of rotatable bonds is 5. The molecule has 2 saturated heterocycles. The molecule has 10 nitrogen and oxygen atoms in total. The van der Waals surface area contributed by atoms with Crippen molar-refractivity contribution >= 4 is 11.8 Å². The van der Waals surface area contributed by atoms with E-state index in [0.717, 1.165) is 12.0 Å². The molecule has 2 fully saturated rings. The van der Waals surface area contributed by atoms with Crippen molar-refractivity contribution in [1.82, 2.24) is 0 Å². The Balaban J connectivity index is 1.54. The lowest BCUT2D eigenvalue weighted by molar-refractivity contribution is -0.300. The topological polar surface area (TPSA) is 130 Å². The van der Waals surface area contributed by atoms with Gasteiger partial charge in [-0.25, -0.2) is 0 Å². The Hall–Kier alpha value is -2.44. The van der Waals surface area contributed by atoms with Gasteiger partial charge in [0.05, 0.1) is 30.5 Å². The minimum atomic E-state index is -1.76. The van der Waals surface area contributed by atoms with Crippen LogP contribution in [0.1, 0.15) is 93.9 Å². The lowest BCUT2D eigenvalue weighted by Gasteiger charge is -2.48. The molecule has 2 N–H and O–H groups in total. The summed E-state index contributed by atoms with van der Waals surface area (Å²) in [5, 5.41) is 22.7. The molecular formula is C41H60O10. The molecule has 5 rings (SSSR count). The Bertz CT molecular complexity index is 1430. The number of Topliss-reactive ketones (excluding diaryl/α,β-unsaturated/α-hetero) is 1. The zero-order valence-corrected chi connectivity index (χ0v) is 31.9. The molecule has 0 aromatic heterocycles. The second-order valence-corrected chi connectivity index (χ2v) is 15.7. The van der Waals surface area contributed by atoms with Crippen LogP contribution >= 0.6 is 0 Å². The van der Waals surface area contributed by atoms with E-state index in [2.05, 4.69) is 32.9 Å². The molecule has 0 amide bonds. The van der Waals surface area contributed by atoms with E-state index in [1.54, 1.807) is 33.1 Å². The number of fused-ring (bicyclic) bond motifs is 3. The lowest BCUT2D eigenvalue weighted by Crippen LogP contribution is -2.54. The van der Waals surface area contributed by atoms with E-state index in [1.807, 2.05) is 39.0 Å². The fraction of sp³-hybridized carbons (Fsp3) is 0.707. The first-order valence-corrected chi connectivity index (χ1v) is 18.8. The maximum absolute atomic E-state index is 14.1. The third kappa shape index (κ3) is 8.69. The van der Waals surface area contributed by atoms with Crippen LogP contribution < -0.4 is 0 Å². The number of hydrogen-bond acceptors (Lipinski definition) is 10. The van der Waals surface area contributed by atoms with E-state index in [4.69, 9.17) is 28.4 Å². The van der Waals surface area contributed by atoms with Gasteiger partial charge in [-0.05, 0) is 62.8 Å². The Kier molecular flexibility index (Phi) is 12.7. The number of carbonyl (C=O) groups is 2. The normalized spacial score (nSPS) is 45.8. The van der Waals surface area contributed by atoms with Crippen LogP contribution in [0.5, 0.6) is 0 Å². The van der Waals surface area contributed by atoms with Crippen molar-refractivity contribution in [2.75, 3.05) is 7.11 Å². The summed E-state index contributed by atoms with van der Waals surface area (Å²) in [6.07, 6.45) is 12.1. The highest BCUT2D eigenvalue weighted by Crippen LogP contribution is 2.43. The number of aliphatic hydroxyl groups excluding tert-OH is 1.